The number of hydrogen-bond donors (Lipinski definition) is 0. The molecule has 1 aromatic rings. The molecule has 0 aromatic carbocycles. The van der Waals surface area contributed by atoms with Crippen LogP contribution in [0.4, 0.5) is 5.82 Å². The number of pyridine rings is 1. The zero-order valence-electron chi connectivity index (χ0n) is 20.9. The van der Waals surface area contributed by atoms with E-state index in [1.54, 1.807) is 29.4 Å². The molecule has 3 rings (SSSR count). The van der Waals surface area contributed by atoms with Gasteiger partial charge in [-0.3, -0.25) is 23.9 Å². The molecular weight excluding hydrogens is 484 g/mol. The Morgan fingerprint density at radius 1 is 1.34 bits per heavy atom. The van der Waals surface area contributed by atoms with Crippen LogP contribution in [0, 0.1) is 24.2 Å². The number of aromatic nitrogens is 1. The van der Waals surface area contributed by atoms with Gasteiger partial charge in [-0.2, -0.15) is 5.26 Å². The van der Waals surface area contributed by atoms with Gasteiger partial charge in [0.15, 0.2) is 0 Å². The molecule has 2 fully saturated rings. The Labute approximate surface area is 215 Å². The number of anilines is 1. The van der Waals surface area contributed by atoms with E-state index in [-0.39, 0.29) is 35.0 Å². The van der Waals surface area contributed by atoms with Gasteiger partial charge in [-0.1, -0.05) is 30.9 Å². The molecule has 1 amide bonds. The average molecular weight is 517 g/mol. The van der Waals surface area contributed by atoms with E-state index in [4.69, 9.17) is 17.0 Å². The third kappa shape index (κ3) is 5.31. The number of piperidine rings is 1. The van der Waals surface area contributed by atoms with E-state index in [0.717, 1.165) is 6.42 Å². The molecule has 3 heterocycles. The number of esters is 1. The number of carbonyl (C=O) groups excluding carboxylic acids is 2. The lowest BCUT2D eigenvalue weighted by Crippen LogP contribution is -2.43. The molecule has 188 valence electrons. The van der Waals surface area contributed by atoms with Crippen LogP contribution in [0.1, 0.15) is 63.6 Å². The number of nitriles is 1. The maximum Gasteiger partial charge on any atom is 0.310 e. The van der Waals surface area contributed by atoms with Crippen molar-refractivity contribution in [3.8, 4) is 6.07 Å². The highest BCUT2D eigenvalue weighted by Crippen LogP contribution is 2.37. The van der Waals surface area contributed by atoms with Crippen LogP contribution in [0.25, 0.3) is 6.08 Å². The third-order valence-electron chi connectivity index (χ3n) is 6.25. The number of ether oxygens (including phenoxy) is 1. The molecule has 0 aliphatic carbocycles. The van der Waals surface area contributed by atoms with E-state index in [0.29, 0.717) is 65.3 Å². The molecule has 0 radical (unpaired) electrons. The minimum atomic E-state index is -0.355. The summed E-state index contributed by atoms with van der Waals surface area (Å²) in [7, 11) is 0. The molecule has 1 unspecified atom stereocenters. The lowest BCUT2D eigenvalue weighted by Gasteiger charge is -2.36. The second-order valence-electron chi connectivity index (χ2n) is 8.99. The lowest BCUT2D eigenvalue weighted by molar-refractivity contribution is -0.148. The summed E-state index contributed by atoms with van der Waals surface area (Å²) in [5.41, 5.74) is 0.870. The summed E-state index contributed by atoms with van der Waals surface area (Å²) in [5, 5.41) is 9.80. The topological polar surface area (TPSA) is 95.6 Å². The minimum Gasteiger partial charge on any atom is -0.466 e. The molecule has 35 heavy (non-hydrogen) atoms. The van der Waals surface area contributed by atoms with Gasteiger partial charge >= 0.3 is 5.97 Å². The van der Waals surface area contributed by atoms with Gasteiger partial charge in [0.25, 0.3) is 11.5 Å². The second kappa shape index (κ2) is 11.4. The Balaban J connectivity index is 2.22. The van der Waals surface area contributed by atoms with Crippen molar-refractivity contribution in [1.29, 1.82) is 5.26 Å². The zero-order chi connectivity index (χ0) is 25.9. The van der Waals surface area contributed by atoms with Crippen LogP contribution in [0.3, 0.4) is 0 Å². The molecular formula is C25H32N4O4S2. The van der Waals surface area contributed by atoms with Crippen molar-refractivity contribution >= 4 is 52.1 Å². The van der Waals surface area contributed by atoms with E-state index in [1.165, 1.54) is 11.8 Å². The van der Waals surface area contributed by atoms with Gasteiger partial charge in [-0.05, 0) is 58.6 Å². The first-order chi connectivity index (χ1) is 16.7. The van der Waals surface area contributed by atoms with Crippen molar-refractivity contribution in [3.05, 3.63) is 31.9 Å². The Morgan fingerprint density at radius 2 is 2.06 bits per heavy atom. The van der Waals surface area contributed by atoms with E-state index in [2.05, 4.69) is 6.07 Å². The average Bonchev–Trinajstić information content (AvgIpc) is 3.10. The molecule has 0 bridgehead atoms. The standard InChI is InChI=1S/C25H32N4O4S2/c1-6-10-28-21(27-11-8-9-17(14-27)24(32)33-7-2)18(16(5)19(13-26)22(28)30)12-20-23(31)29(15(3)4)25(34)35-20/h12,15,17H,6-11,14H2,1-5H3/b20-12-. The molecule has 2 aliphatic rings. The van der Waals surface area contributed by atoms with E-state index in [9.17, 15) is 19.6 Å². The van der Waals surface area contributed by atoms with Crippen LogP contribution >= 0.6 is 24.0 Å². The summed E-state index contributed by atoms with van der Waals surface area (Å²) in [5.74, 6) is -0.101. The van der Waals surface area contributed by atoms with Gasteiger partial charge in [0, 0.05) is 31.2 Å². The molecule has 0 saturated carbocycles. The Kier molecular flexibility index (Phi) is 8.78. The first-order valence-corrected chi connectivity index (χ1v) is 13.2. The summed E-state index contributed by atoms with van der Waals surface area (Å²) < 4.78 is 7.37. The maximum atomic E-state index is 13.3. The molecule has 0 N–H and O–H groups in total. The summed E-state index contributed by atoms with van der Waals surface area (Å²) >= 11 is 6.67. The number of rotatable bonds is 7. The normalized spacial score (nSPS) is 19.6. The number of amides is 1. The second-order valence-corrected chi connectivity index (χ2v) is 10.7. The van der Waals surface area contributed by atoms with Gasteiger partial charge in [-0.15, -0.1) is 0 Å². The monoisotopic (exact) mass is 516 g/mol. The molecule has 1 atom stereocenters. The largest absolute Gasteiger partial charge is 0.466 e. The summed E-state index contributed by atoms with van der Waals surface area (Å²) in [4.78, 5) is 43.1. The fourth-order valence-corrected chi connectivity index (χ4v) is 6.10. The molecule has 10 heteroatoms. The predicted molar refractivity (Wildman–Crippen MR) is 142 cm³/mol. The van der Waals surface area contributed by atoms with Crippen molar-refractivity contribution in [3.63, 3.8) is 0 Å². The zero-order valence-corrected chi connectivity index (χ0v) is 22.6. The van der Waals surface area contributed by atoms with E-state index in [1.807, 2.05) is 25.7 Å². The molecule has 1 aromatic heterocycles. The lowest BCUT2D eigenvalue weighted by atomic mass is 9.96. The van der Waals surface area contributed by atoms with Crippen LogP contribution in [-0.2, 0) is 20.9 Å². The third-order valence-corrected chi connectivity index (χ3v) is 7.58. The summed E-state index contributed by atoms with van der Waals surface area (Å²) in [6, 6.07) is 1.99. The van der Waals surface area contributed by atoms with Crippen LogP contribution in [0.5, 0.6) is 0 Å². The smallest absolute Gasteiger partial charge is 0.310 e. The molecule has 0 spiro atoms. The van der Waals surface area contributed by atoms with Gasteiger partial charge in [0.05, 0.1) is 17.4 Å². The molecule has 2 aliphatic heterocycles. The maximum absolute atomic E-state index is 13.3. The minimum absolute atomic E-state index is 0.0618. The van der Waals surface area contributed by atoms with Crippen molar-refractivity contribution in [2.24, 2.45) is 5.92 Å². The van der Waals surface area contributed by atoms with Crippen LogP contribution < -0.4 is 10.5 Å². The van der Waals surface area contributed by atoms with Crippen LogP contribution in [-0.4, -0.2) is 51.4 Å². The van der Waals surface area contributed by atoms with Crippen LogP contribution in [0.2, 0.25) is 0 Å². The Hall–Kier alpha value is -2.64. The van der Waals surface area contributed by atoms with Crippen molar-refractivity contribution < 1.29 is 14.3 Å². The number of carbonyl (C=O) groups is 2. The van der Waals surface area contributed by atoms with Crippen LogP contribution in [0.15, 0.2) is 9.70 Å². The van der Waals surface area contributed by atoms with Crippen molar-refractivity contribution in [2.75, 3.05) is 24.6 Å². The molecule has 8 nitrogen and oxygen atoms in total. The van der Waals surface area contributed by atoms with Gasteiger partial charge in [-0.25, -0.2) is 0 Å². The first kappa shape index (κ1) is 27.0. The summed E-state index contributed by atoms with van der Waals surface area (Å²) in [6.07, 6.45) is 3.92. The van der Waals surface area contributed by atoms with E-state index >= 15 is 0 Å². The van der Waals surface area contributed by atoms with Gasteiger partial charge in [0.1, 0.15) is 21.8 Å². The fraction of sp³-hybridized carbons (Fsp3) is 0.560. The van der Waals surface area contributed by atoms with Crippen molar-refractivity contribution in [2.45, 2.75) is 66.5 Å². The highest BCUT2D eigenvalue weighted by molar-refractivity contribution is 8.26. The highest BCUT2D eigenvalue weighted by atomic mass is 32.2. The number of thiocarbonyl (C=S) groups is 1. The number of hydrogen-bond acceptors (Lipinski definition) is 8. The van der Waals surface area contributed by atoms with Gasteiger partial charge in [0.2, 0.25) is 0 Å². The quantitative estimate of drug-likeness (QED) is 0.307. The first-order valence-electron chi connectivity index (χ1n) is 12.0. The fourth-order valence-electron chi connectivity index (χ4n) is 4.59. The highest BCUT2D eigenvalue weighted by Gasteiger charge is 2.35. The Morgan fingerprint density at radius 3 is 2.63 bits per heavy atom. The van der Waals surface area contributed by atoms with Crippen molar-refractivity contribution in [1.82, 2.24) is 9.47 Å². The SMILES string of the molecule is CCCn1c(N2CCCC(C(=O)OCC)C2)c(/C=C2\SC(=S)N(C(C)C)C2=O)c(C)c(C#N)c1=O. The van der Waals surface area contributed by atoms with Gasteiger partial charge < -0.3 is 9.64 Å². The summed E-state index contributed by atoms with van der Waals surface area (Å²) in [6.45, 7) is 11.1. The molecule has 2 saturated heterocycles. The Bertz CT molecular complexity index is 1170. The number of nitrogens with zero attached hydrogens (tertiary/aromatic N) is 4. The van der Waals surface area contributed by atoms with E-state index < -0.39 is 0 Å². The predicted octanol–water partition coefficient (Wildman–Crippen LogP) is 3.83. The number of thioether (sulfide) groups is 1.